The molecule has 1 N–H and O–H groups in total. The second-order valence-corrected chi connectivity index (χ2v) is 7.67. The van der Waals surface area contributed by atoms with E-state index < -0.39 is 0 Å². The number of hydrogen-bond acceptors (Lipinski definition) is 5. The molecule has 2 fully saturated rings. The summed E-state index contributed by atoms with van der Waals surface area (Å²) in [5.74, 6) is 0.292. The van der Waals surface area contributed by atoms with Gasteiger partial charge in [-0.3, -0.25) is 9.36 Å². The van der Waals surface area contributed by atoms with E-state index in [0.29, 0.717) is 6.04 Å². The van der Waals surface area contributed by atoms with Crippen molar-refractivity contribution >= 4 is 22.4 Å². The smallest absolute Gasteiger partial charge is 0.225 e. The van der Waals surface area contributed by atoms with Crippen molar-refractivity contribution in [3.63, 3.8) is 0 Å². The van der Waals surface area contributed by atoms with E-state index in [1.165, 1.54) is 12.8 Å². The maximum Gasteiger partial charge on any atom is 0.225 e. The molecule has 0 spiro atoms. The van der Waals surface area contributed by atoms with Gasteiger partial charge in [0.1, 0.15) is 0 Å². The van der Waals surface area contributed by atoms with Crippen LogP contribution in [0.15, 0.2) is 24.5 Å². The summed E-state index contributed by atoms with van der Waals surface area (Å²) in [5, 5.41) is 13.6. The maximum atomic E-state index is 12.5. The summed E-state index contributed by atoms with van der Waals surface area (Å²) in [7, 11) is 0. The molecule has 0 unspecified atom stereocenters. The van der Waals surface area contributed by atoms with Crippen molar-refractivity contribution in [1.82, 2.24) is 20.1 Å². The first kappa shape index (κ1) is 15.6. The van der Waals surface area contributed by atoms with E-state index in [2.05, 4.69) is 20.4 Å². The summed E-state index contributed by atoms with van der Waals surface area (Å²) in [5.41, 5.74) is 0. The topological polar surface area (TPSA) is 63.1 Å². The largest absolute Gasteiger partial charge is 0.353 e. The second-order valence-electron chi connectivity index (χ2n) is 6.73. The van der Waals surface area contributed by atoms with Crippen LogP contribution in [0.1, 0.15) is 38.5 Å². The number of carbonyl (C=O) groups is 1. The van der Waals surface area contributed by atoms with Crippen LogP contribution in [-0.2, 0) is 4.79 Å². The van der Waals surface area contributed by atoms with Crippen LogP contribution >= 0.6 is 11.3 Å². The average molecular weight is 345 g/mol. The van der Waals surface area contributed by atoms with E-state index >= 15 is 0 Å². The molecule has 1 aliphatic heterocycles. The molecule has 7 heteroatoms. The number of piperidine rings is 1. The Morgan fingerprint density at radius 3 is 2.62 bits per heavy atom. The molecule has 0 aromatic carbocycles. The van der Waals surface area contributed by atoms with Crippen LogP contribution in [0.4, 0.5) is 5.13 Å². The van der Waals surface area contributed by atoms with Crippen LogP contribution in [0.2, 0.25) is 0 Å². The summed E-state index contributed by atoms with van der Waals surface area (Å²) < 4.78 is 1.97. The number of hydrogen-bond donors (Lipinski definition) is 1. The summed E-state index contributed by atoms with van der Waals surface area (Å²) in [6, 6.07) is 4.35. The Labute approximate surface area is 145 Å². The molecule has 0 radical (unpaired) electrons. The molecule has 1 atom stereocenters. The number of nitrogens with zero attached hydrogens (tertiary/aromatic N) is 4. The lowest BCUT2D eigenvalue weighted by atomic mass is 9.97. The van der Waals surface area contributed by atoms with Gasteiger partial charge in [-0.2, -0.15) is 0 Å². The fourth-order valence-electron chi connectivity index (χ4n) is 3.66. The van der Waals surface area contributed by atoms with Gasteiger partial charge in [0.15, 0.2) is 0 Å². The molecule has 0 bridgehead atoms. The SMILES string of the molecule is O=C(NC1CCCC1)[C@H]1CCCN(c2nnc(-n3cccc3)s2)C1. The highest BCUT2D eigenvalue weighted by molar-refractivity contribution is 7.17. The molecule has 3 heterocycles. The molecular weight excluding hydrogens is 322 g/mol. The molecule has 1 saturated carbocycles. The molecule has 24 heavy (non-hydrogen) atoms. The van der Waals surface area contributed by atoms with Gasteiger partial charge in [-0.15, -0.1) is 10.2 Å². The van der Waals surface area contributed by atoms with E-state index in [4.69, 9.17) is 0 Å². The van der Waals surface area contributed by atoms with Crippen molar-refractivity contribution in [3.05, 3.63) is 24.5 Å². The van der Waals surface area contributed by atoms with Crippen molar-refractivity contribution in [2.24, 2.45) is 5.92 Å². The lowest BCUT2D eigenvalue weighted by Gasteiger charge is -2.32. The zero-order chi connectivity index (χ0) is 16.4. The zero-order valence-electron chi connectivity index (χ0n) is 13.7. The fraction of sp³-hybridized carbons (Fsp3) is 0.588. The van der Waals surface area contributed by atoms with Crippen LogP contribution in [0, 0.1) is 5.92 Å². The van der Waals surface area contributed by atoms with E-state index in [1.54, 1.807) is 11.3 Å². The number of carbonyl (C=O) groups excluding carboxylic acids is 1. The van der Waals surface area contributed by atoms with Crippen molar-refractivity contribution in [1.29, 1.82) is 0 Å². The summed E-state index contributed by atoms with van der Waals surface area (Å²) >= 11 is 1.58. The van der Waals surface area contributed by atoms with Gasteiger partial charge in [-0.05, 0) is 37.8 Å². The Bertz CT molecular complexity index is 677. The zero-order valence-corrected chi connectivity index (χ0v) is 14.5. The fourth-order valence-corrected chi connectivity index (χ4v) is 4.50. The van der Waals surface area contributed by atoms with Gasteiger partial charge in [0.25, 0.3) is 0 Å². The quantitative estimate of drug-likeness (QED) is 0.925. The molecule has 2 aromatic heterocycles. The summed E-state index contributed by atoms with van der Waals surface area (Å²) in [4.78, 5) is 14.8. The minimum absolute atomic E-state index is 0.0679. The third-order valence-electron chi connectivity index (χ3n) is 4.99. The summed E-state index contributed by atoms with van der Waals surface area (Å²) in [6.45, 7) is 1.70. The third-order valence-corrected chi connectivity index (χ3v) is 5.99. The average Bonchev–Trinajstić information content (AvgIpc) is 3.36. The lowest BCUT2D eigenvalue weighted by Crippen LogP contribution is -2.45. The van der Waals surface area contributed by atoms with Crippen LogP contribution in [0.3, 0.4) is 0 Å². The third kappa shape index (κ3) is 3.31. The van der Waals surface area contributed by atoms with E-state index in [-0.39, 0.29) is 11.8 Å². The second kappa shape index (κ2) is 6.93. The van der Waals surface area contributed by atoms with E-state index in [9.17, 15) is 4.79 Å². The molecule has 6 nitrogen and oxygen atoms in total. The molecule has 2 aromatic rings. The highest BCUT2D eigenvalue weighted by atomic mass is 32.1. The Kier molecular flexibility index (Phi) is 4.51. The highest BCUT2D eigenvalue weighted by Crippen LogP contribution is 2.28. The standard InChI is InChI=1S/C17H23N5OS/c23-15(18-14-7-1-2-8-14)13-6-5-11-22(12-13)17-20-19-16(24-17)21-9-3-4-10-21/h3-4,9-10,13-14H,1-2,5-8,11-12H2,(H,18,23)/t13-/m0/s1. The number of anilines is 1. The number of rotatable bonds is 4. The van der Waals surface area contributed by atoms with E-state index in [0.717, 1.165) is 49.0 Å². The summed E-state index contributed by atoms with van der Waals surface area (Å²) in [6.07, 6.45) is 10.7. The van der Waals surface area contributed by atoms with Crippen LogP contribution < -0.4 is 10.2 Å². The molecule has 128 valence electrons. The first-order valence-electron chi connectivity index (χ1n) is 8.82. The van der Waals surface area contributed by atoms with Crippen LogP contribution in [0.25, 0.3) is 5.13 Å². The van der Waals surface area contributed by atoms with Crippen molar-refractivity contribution in [3.8, 4) is 5.13 Å². The van der Waals surface area contributed by atoms with Gasteiger partial charge >= 0.3 is 0 Å². The maximum absolute atomic E-state index is 12.5. The molecule has 2 aliphatic rings. The molecular formula is C17H23N5OS. The van der Waals surface area contributed by atoms with Crippen molar-refractivity contribution < 1.29 is 4.79 Å². The van der Waals surface area contributed by atoms with Crippen molar-refractivity contribution in [2.75, 3.05) is 18.0 Å². The van der Waals surface area contributed by atoms with Gasteiger partial charge in [0.05, 0.1) is 5.92 Å². The number of nitrogens with one attached hydrogen (secondary N) is 1. The first-order valence-corrected chi connectivity index (χ1v) is 9.63. The van der Waals surface area contributed by atoms with Crippen molar-refractivity contribution in [2.45, 2.75) is 44.6 Å². The Morgan fingerprint density at radius 2 is 1.83 bits per heavy atom. The molecule has 1 amide bonds. The number of aromatic nitrogens is 3. The van der Waals surface area contributed by atoms with Gasteiger partial charge in [0.2, 0.25) is 16.2 Å². The number of amides is 1. The normalized spacial score (nSPS) is 22.0. The lowest BCUT2D eigenvalue weighted by molar-refractivity contribution is -0.125. The monoisotopic (exact) mass is 345 g/mol. The van der Waals surface area contributed by atoms with Gasteiger partial charge < -0.3 is 10.2 Å². The Balaban J connectivity index is 1.40. The molecule has 1 aliphatic carbocycles. The predicted molar refractivity (Wildman–Crippen MR) is 94.6 cm³/mol. The highest BCUT2D eigenvalue weighted by Gasteiger charge is 2.29. The predicted octanol–water partition coefficient (Wildman–Crippen LogP) is 2.60. The van der Waals surface area contributed by atoms with Crippen LogP contribution in [-0.4, -0.2) is 39.8 Å². The van der Waals surface area contributed by atoms with Gasteiger partial charge in [-0.25, -0.2) is 0 Å². The molecule has 4 rings (SSSR count). The van der Waals surface area contributed by atoms with E-state index in [1.807, 2.05) is 29.1 Å². The Hall–Kier alpha value is -1.89. The molecule has 1 saturated heterocycles. The Morgan fingerprint density at radius 1 is 1.08 bits per heavy atom. The first-order chi connectivity index (χ1) is 11.8. The minimum Gasteiger partial charge on any atom is -0.353 e. The van der Waals surface area contributed by atoms with Crippen LogP contribution in [0.5, 0.6) is 0 Å². The van der Waals surface area contributed by atoms with Gasteiger partial charge in [-0.1, -0.05) is 24.2 Å². The minimum atomic E-state index is 0.0679. The van der Waals surface area contributed by atoms with Gasteiger partial charge in [0, 0.05) is 31.5 Å².